The Hall–Kier alpha value is -3.43. The van der Waals surface area contributed by atoms with Crippen molar-refractivity contribution in [1.29, 1.82) is 0 Å². The Bertz CT molecular complexity index is 1110. The maximum Gasteiger partial charge on any atom is 0.351 e. The molecule has 0 unspecified atom stereocenters. The molecular formula is C17H7F5O5. The Labute approximate surface area is 146 Å². The van der Waals surface area contributed by atoms with Crippen molar-refractivity contribution in [1.82, 2.24) is 0 Å². The zero-order chi connectivity index (χ0) is 19.9. The first-order valence-electron chi connectivity index (χ1n) is 7.10. The summed E-state index contributed by atoms with van der Waals surface area (Å²) in [5, 5.41) is 0.222. The van der Waals surface area contributed by atoms with Crippen molar-refractivity contribution in [3.8, 4) is 11.5 Å². The van der Waals surface area contributed by atoms with Gasteiger partial charge in [0.2, 0.25) is 34.8 Å². The van der Waals surface area contributed by atoms with E-state index in [9.17, 15) is 31.5 Å². The smallest absolute Gasteiger partial charge is 0.351 e. The van der Waals surface area contributed by atoms with E-state index < -0.39 is 52.0 Å². The van der Waals surface area contributed by atoms with Crippen LogP contribution in [0, 0.1) is 29.1 Å². The minimum absolute atomic E-state index is 0.0344. The van der Waals surface area contributed by atoms with Gasteiger partial charge in [0, 0.05) is 11.5 Å². The number of rotatable bonds is 3. The van der Waals surface area contributed by atoms with E-state index >= 15 is 0 Å². The summed E-state index contributed by atoms with van der Waals surface area (Å²) in [7, 11) is 1.37. The van der Waals surface area contributed by atoms with Gasteiger partial charge in [-0.25, -0.2) is 22.8 Å². The van der Waals surface area contributed by atoms with Crippen LogP contribution in [0.4, 0.5) is 22.0 Å². The predicted molar refractivity (Wildman–Crippen MR) is 80.2 cm³/mol. The zero-order valence-electron chi connectivity index (χ0n) is 13.2. The summed E-state index contributed by atoms with van der Waals surface area (Å²) in [6.45, 7) is 0. The highest BCUT2D eigenvalue weighted by Crippen LogP contribution is 2.30. The topological polar surface area (TPSA) is 65.7 Å². The number of hydrogen-bond donors (Lipinski definition) is 0. The fraction of sp³-hybridized carbons (Fsp3) is 0.0588. The summed E-state index contributed by atoms with van der Waals surface area (Å²) in [4.78, 5) is 24.0. The highest BCUT2D eigenvalue weighted by atomic mass is 19.2. The molecule has 0 radical (unpaired) electrons. The zero-order valence-corrected chi connectivity index (χ0v) is 13.2. The lowest BCUT2D eigenvalue weighted by Crippen LogP contribution is -2.20. The fourth-order valence-corrected chi connectivity index (χ4v) is 2.18. The first kappa shape index (κ1) is 18.4. The van der Waals surface area contributed by atoms with E-state index in [1.165, 1.54) is 25.3 Å². The monoisotopic (exact) mass is 386 g/mol. The molecule has 0 fully saturated rings. The van der Waals surface area contributed by atoms with Gasteiger partial charge in [0.05, 0.1) is 7.11 Å². The van der Waals surface area contributed by atoms with Gasteiger partial charge in [-0.05, 0) is 18.2 Å². The Morgan fingerprint density at radius 2 is 1.52 bits per heavy atom. The molecule has 1 heterocycles. The molecule has 3 rings (SSSR count). The van der Waals surface area contributed by atoms with E-state index in [4.69, 9.17) is 9.15 Å². The highest BCUT2D eigenvalue weighted by molar-refractivity contribution is 5.94. The summed E-state index contributed by atoms with van der Waals surface area (Å²) in [6.07, 6.45) is 0. The SMILES string of the molecule is COc1ccc2cc(C(=O)Oc3c(F)c(F)c(F)c(F)c3F)c(=O)oc2c1. The number of hydrogen-bond acceptors (Lipinski definition) is 5. The number of fused-ring (bicyclic) bond motifs is 1. The van der Waals surface area contributed by atoms with Gasteiger partial charge in [0.15, 0.2) is 0 Å². The first-order valence-corrected chi connectivity index (χ1v) is 7.10. The van der Waals surface area contributed by atoms with Crippen LogP contribution in [-0.4, -0.2) is 13.1 Å². The summed E-state index contributed by atoms with van der Waals surface area (Å²) in [5.41, 5.74) is -2.02. The molecule has 0 saturated heterocycles. The van der Waals surface area contributed by atoms with Crippen molar-refractivity contribution in [3.05, 3.63) is 69.3 Å². The van der Waals surface area contributed by atoms with Crippen LogP contribution >= 0.6 is 0 Å². The normalized spacial score (nSPS) is 10.9. The number of benzene rings is 2. The average molecular weight is 386 g/mol. The molecule has 0 atom stereocenters. The van der Waals surface area contributed by atoms with E-state index in [-0.39, 0.29) is 11.0 Å². The molecule has 3 aromatic rings. The van der Waals surface area contributed by atoms with Crippen molar-refractivity contribution >= 4 is 16.9 Å². The quantitative estimate of drug-likeness (QED) is 0.171. The third-order valence-electron chi connectivity index (χ3n) is 3.53. The number of esters is 1. The van der Waals surface area contributed by atoms with Gasteiger partial charge >= 0.3 is 11.6 Å². The molecule has 10 heteroatoms. The lowest BCUT2D eigenvalue weighted by molar-refractivity contribution is 0.0711. The third kappa shape index (κ3) is 3.09. The molecule has 0 aliphatic rings. The molecular weight excluding hydrogens is 379 g/mol. The van der Waals surface area contributed by atoms with Gasteiger partial charge < -0.3 is 13.9 Å². The van der Waals surface area contributed by atoms with Gasteiger partial charge in [-0.1, -0.05) is 0 Å². The van der Waals surface area contributed by atoms with Crippen molar-refractivity contribution in [3.63, 3.8) is 0 Å². The predicted octanol–water partition coefficient (Wildman–Crippen LogP) is 3.72. The summed E-state index contributed by atoms with van der Waals surface area (Å²) in [6, 6.07) is 5.21. The van der Waals surface area contributed by atoms with Crippen molar-refractivity contribution in [2.24, 2.45) is 0 Å². The molecule has 0 N–H and O–H groups in total. The standard InChI is InChI=1S/C17H7F5O5/c1-25-7-3-2-6-4-8(16(23)26-9(6)5-7)17(24)27-15-13(21)11(19)10(18)12(20)14(15)22/h2-5H,1H3. The summed E-state index contributed by atoms with van der Waals surface area (Å²) >= 11 is 0. The van der Waals surface area contributed by atoms with Crippen LogP contribution in [-0.2, 0) is 0 Å². The lowest BCUT2D eigenvalue weighted by atomic mass is 10.2. The fourth-order valence-electron chi connectivity index (χ4n) is 2.18. The molecule has 5 nitrogen and oxygen atoms in total. The molecule has 0 spiro atoms. The van der Waals surface area contributed by atoms with Gasteiger partial charge in [0.1, 0.15) is 16.9 Å². The van der Waals surface area contributed by atoms with Gasteiger partial charge in [-0.15, -0.1) is 0 Å². The minimum Gasteiger partial charge on any atom is -0.497 e. The van der Waals surface area contributed by atoms with Crippen molar-refractivity contribution < 1.29 is 40.6 Å². The first-order chi connectivity index (χ1) is 12.7. The molecule has 27 heavy (non-hydrogen) atoms. The maximum absolute atomic E-state index is 13.6. The second kappa shape index (κ2) is 6.71. The molecule has 1 aromatic heterocycles. The Morgan fingerprint density at radius 1 is 0.926 bits per heavy atom. The average Bonchev–Trinajstić information content (AvgIpc) is 2.66. The number of carbonyl (C=O) groups is 1. The number of ether oxygens (including phenoxy) is 2. The van der Waals surface area contributed by atoms with Crippen LogP contribution in [0.5, 0.6) is 11.5 Å². The molecule has 2 aromatic carbocycles. The van der Waals surface area contributed by atoms with Crippen LogP contribution in [0.3, 0.4) is 0 Å². The van der Waals surface area contributed by atoms with E-state index in [0.29, 0.717) is 5.75 Å². The third-order valence-corrected chi connectivity index (χ3v) is 3.53. The van der Waals surface area contributed by atoms with E-state index in [1.807, 2.05) is 0 Å². The van der Waals surface area contributed by atoms with Gasteiger partial charge in [0.25, 0.3) is 0 Å². The molecule has 0 saturated carbocycles. The Morgan fingerprint density at radius 3 is 2.11 bits per heavy atom. The van der Waals surface area contributed by atoms with E-state index in [1.54, 1.807) is 0 Å². The van der Waals surface area contributed by atoms with E-state index in [2.05, 4.69) is 4.74 Å². The second-order valence-electron chi connectivity index (χ2n) is 5.14. The molecule has 0 aliphatic heterocycles. The summed E-state index contributed by atoms with van der Waals surface area (Å²) < 4.78 is 80.6. The van der Waals surface area contributed by atoms with Crippen LogP contribution in [0.1, 0.15) is 10.4 Å². The van der Waals surface area contributed by atoms with E-state index in [0.717, 1.165) is 6.07 Å². The van der Waals surface area contributed by atoms with Gasteiger partial charge in [-0.2, -0.15) is 8.78 Å². The van der Waals surface area contributed by atoms with Crippen LogP contribution in [0.25, 0.3) is 11.0 Å². The summed E-state index contributed by atoms with van der Waals surface area (Å²) in [5.74, 6) is -14.9. The van der Waals surface area contributed by atoms with Crippen LogP contribution < -0.4 is 15.1 Å². The molecule has 0 amide bonds. The highest BCUT2D eigenvalue weighted by Gasteiger charge is 2.29. The van der Waals surface area contributed by atoms with Crippen LogP contribution in [0.2, 0.25) is 0 Å². The van der Waals surface area contributed by atoms with Gasteiger partial charge in [-0.3, -0.25) is 0 Å². The second-order valence-corrected chi connectivity index (χ2v) is 5.14. The number of carbonyl (C=O) groups excluding carboxylic acids is 1. The maximum atomic E-state index is 13.6. The minimum atomic E-state index is -2.41. The molecule has 140 valence electrons. The Balaban J connectivity index is 2.05. The number of methoxy groups -OCH3 is 1. The van der Waals surface area contributed by atoms with Crippen molar-refractivity contribution in [2.75, 3.05) is 7.11 Å². The largest absolute Gasteiger partial charge is 0.497 e. The Kier molecular flexibility index (Phi) is 4.56. The molecule has 0 aliphatic carbocycles. The number of halogens is 5. The lowest BCUT2D eigenvalue weighted by Gasteiger charge is -2.09. The molecule has 0 bridgehead atoms. The van der Waals surface area contributed by atoms with Crippen LogP contribution in [0.15, 0.2) is 33.5 Å². The van der Waals surface area contributed by atoms with Crippen molar-refractivity contribution in [2.45, 2.75) is 0 Å².